The average Bonchev–Trinajstić information content (AvgIpc) is 3.28. The summed E-state index contributed by atoms with van der Waals surface area (Å²) in [6.07, 6.45) is 8.60. The van der Waals surface area contributed by atoms with Crippen LogP contribution < -0.4 is 0 Å². The second-order valence-electron chi connectivity index (χ2n) is 10.3. The van der Waals surface area contributed by atoms with Gasteiger partial charge in [0.25, 0.3) is 0 Å². The van der Waals surface area contributed by atoms with Crippen molar-refractivity contribution in [2.75, 3.05) is 13.2 Å². The van der Waals surface area contributed by atoms with Gasteiger partial charge in [-0.25, -0.2) is 0 Å². The van der Waals surface area contributed by atoms with E-state index in [0.717, 1.165) is 44.9 Å². The first-order valence-corrected chi connectivity index (χ1v) is 11.2. The van der Waals surface area contributed by atoms with Gasteiger partial charge in [0.1, 0.15) is 6.10 Å². The minimum atomic E-state index is -0.478. The van der Waals surface area contributed by atoms with E-state index in [1.807, 2.05) is 0 Å². The van der Waals surface area contributed by atoms with E-state index in [-0.39, 0.29) is 28.8 Å². The van der Waals surface area contributed by atoms with Crippen LogP contribution in [0.1, 0.15) is 65.7 Å². The van der Waals surface area contributed by atoms with Crippen LogP contribution in [0.3, 0.4) is 0 Å². The topological polar surface area (TPSA) is 77.0 Å². The van der Waals surface area contributed by atoms with Gasteiger partial charge in [0.2, 0.25) is 0 Å². The maximum atomic E-state index is 12.0. The summed E-state index contributed by atoms with van der Waals surface area (Å²) in [5, 5.41) is 15.5. The lowest BCUT2D eigenvalue weighted by Gasteiger charge is -2.58. The van der Waals surface area contributed by atoms with Crippen molar-refractivity contribution in [2.24, 2.45) is 33.7 Å². The Hall–Kier alpha value is -1.40. The van der Waals surface area contributed by atoms with Crippen LogP contribution in [-0.2, 0) is 24.2 Å². The van der Waals surface area contributed by atoms with Crippen molar-refractivity contribution in [1.29, 1.82) is 0 Å². The van der Waals surface area contributed by atoms with Crippen molar-refractivity contribution in [2.45, 2.75) is 77.6 Å². The van der Waals surface area contributed by atoms with Gasteiger partial charge in [0.15, 0.2) is 5.79 Å². The highest BCUT2D eigenvalue weighted by molar-refractivity contribution is 5.99. The van der Waals surface area contributed by atoms with E-state index in [0.29, 0.717) is 30.8 Å². The number of carbonyl (C=O) groups excluding carboxylic acids is 1. The summed E-state index contributed by atoms with van der Waals surface area (Å²) in [6, 6.07) is 0. The number of esters is 1. The van der Waals surface area contributed by atoms with E-state index in [4.69, 9.17) is 14.2 Å². The summed E-state index contributed by atoms with van der Waals surface area (Å²) in [4.78, 5) is 11.4. The Morgan fingerprint density at radius 1 is 1.10 bits per heavy atom. The van der Waals surface area contributed by atoms with Crippen LogP contribution in [0.15, 0.2) is 16.8 Å². The zero-order valence-electron chi connectivity index (χ0n) is 17.7. The van der Waals surface area contributed by atoms with Crippen LogP contribution in [-0.4, -0.2) is 36.8 Å². The molecule has 0 aromatic rings. The Morgan fingerprint density at radius 3 is 2.52 bits per heavy atom. The number of hydrogen-bond acceptors (Lipinski definition) is 5. The van der Waals surface area contributed by atoms with E-state index in [1.54, 1.807) is 0 Å². The Morgan fingerprint density at radius 2 is 1.83 bits per heavy atom. The lowest BCUT2D eigenvalue weighted by Crippen LogP contribution is -2.57. The molecule has 0 aromatic heterocycles. The van der Waals surface area contributed by atoms with Gasteiger partial charge < -0.3 is 14.2 Å². The lowest BCUT2D eigenvalue weighted by atomic mass is 9.47. The number of hydrogen-bond donors (Lipinski definition) is 0. The highest BCUT2D eigenvalue weighted by Gasteiger charge is 2.67. The van der Waals surface area contributed by atoms with E-state index in [2.05, 4.69) is 25.1 Å². The van der Waals surface area contributed by atoms with Crippen LogP contribution in [0.4, 0.5) is 0 Å². The zero-order chi connectivity index (χ0) is 20.4. The Balaban J connectivity index is 1.50. The third-order valence-corrected chi connectivity index (χ3v) is 9.16. The van der Waals surface area contributed by atoms with E-state index < -0.39 is 5.79 Å². The molecule has 1 spiro atoms. The third-order valence-electron chi connectivity index (χ3n) is 9.16. The minimum absolute atomic E-state index is 0.0456. The second kappa shape index (κ2) is 6.55. The quantitative estimate of drug-likeness (QED) is 0.490. The fraction of sp³-hybridized carbons (Fsp3) is 0.826. The molecule has 4 aliphatic carbocycles. The molecule has 159 valence electrons. The van der Waals surface area contributed by atoms with Gasteiger partial charge in [0, 0.05) is 31.1 Å². The van der Waals surface area contributed by atoms with Crippen LogP contribution in [0.2, 0.25) is 0 Å². The average molecular weight is 403 g/mol. The third kappa shape index (κ3) is 2.61. The molecule has 3 saturated carbocycles. The Bertz CT molecular complexity index is 769. The normalized spacial score (nSPS) is 46.7. The second-order valence-corrected chi connectivity index (χ2v) is 10.3. The predicted molar refractivity (Wildman–Crippen MR) is 105 cm³/mol. The summed E-state index contributed by atoms with van der Waals surface area (Å²) >= 11 is 0. The van der Waals surface area contributed by atoms with Gasteiger partial charge in [-0.05, 0) is 60.6 Å². The molecule has 6 nitrogen and oxygen atoms in total. The number of carbonyl (C=O) groups is 1. The summed E-state index contributed by atoms with van der Waals surface area (Å²) in [5.74, 6) is 0.217. The molecule has 4 fully saturated rings. The molecular weight excluding hydrogens is 370 g/mol. The monoisotopic (exact) mass is 402 g/mol. The molecule has 6 atom stereocenters. The van der Waals surface area contributed by atoms with Gasteiger partial charge in [-0.15, -0.1) is 5.21 Å². The summed E-state index contributed by atoms with van der Waals surface area (Å²) in [6.45, 7) is 7.47. The largest absolute Gasteiger partial charge is 0.462 e. The summed E-state index contributed by atoms with van der Waals surface area (Å²) in [5.41, 5.74) is 1.91. The maximum absolute atomic E-state index is 12.0. The first-order valence-electron chi connectivity index (χ1n) is 11.2. The molecule has 1 aliphatic heterocycles. The number of fused-ring (bicyclic) bond motifs is 6. The van der Waals surface area contributed by atoms with Crippen molar-refractivity contribution >= 4 is 11.7 Å². The van der Waals surface area contributed by atoms with Crippen molar-refractivity contribution in [1.82, 2.24) is 0 Å². The maximum Gasteiger partial charge on any atom is 0.302 e. The van der Waals surface area contributed by atoms with E-state index in [9.17, 15) is 10.0 Å². The van der Waals surface area contributed by atoms with E-state index >= 15 is 0 Å². The molecule has 0 amide bonds. The molecule has 29 heavy (non-hydrogen) atoms. The molecule has 5 rings (SSSR count). The molecular formula is C23H32NO5. The fourth-order valence-corrected chi connectivity index (χ4v) is 7.70. The molecule has 0 bridgehead atoms. The summed E-state index contributed by atoms with van der Waals surface area (Å²) < 4.78 is 17.9. The van der Waals surface area contributed by atoms with Crippen molar-refractivity contribution in [3.8, 4) is 0 Å². The van der Waals surface area contributed by atoms with Crippen LogP contribution in [0.5, 0.6) is 0 Å². The lowest BCUT2D eigenvalue weighted by molar-refractivity contribution is -0.238. The smallest absolute Gasteiger partial charge is 0.302 e. The van der Waals surface area contributed by atoms with Gasteiger partial charge >= 0.3 is 5.97 Å². The number of ether oxygens (including phenoxy) is 3. The predicted octanol–water partition coefficient (Wildman–Crippen LogP) is 4.02. The molecule has 0 N–H and O–H groups in total. The molecule has 0 aromatic carbocycles. The molecule has 1 radical (unpaired) electrons. The first-order chi connectivity index (χ1) is 13.8. The van der Waals surface area contributed by atoms with Gasteiger partial charge in [-0.3, -0.25) is 4.79 Å². The molecule has 5 aliphatic rings. The summed E-state index contributed by atoms with van der Waals surface area (Å²) in [7, 11) is 0. The SMILES string of the molecule is CC(=O)O[C@H]1CC[C@@]2(C)C(=C/C(=N\[O])C3C2CC[C@@]2(C)C3CCC23OCCO3)C1. The van der Waals surface area contributed by atoms with Crippen LogP contribution in [0.25, 0.3) is 0 Å². The Kier molecular flexibility index (Phi) is 4.42. The molecule has 1 heterocycles. The minimum Gasteiger partial charge on any atom is -0.462 e. The fourth-order valence-electron chi connectivity index (χ4n) is 7.70. The van der Waals surface area contributed by atoms with Gasteiger partial charge in [0.05, 0.1) is 18.9 Å². The first kappa shape index (κ1) is 19.6. The van der Waals surface area contributed by atoms with Crippen LogP contribution in [0, 0.1) is 28.6 Å². The van der Waals surface area contributed by atoms with Crippen LogP contribution >= 0.6 is 0 Å². The van der Waals surface area contributed by atoms with Gasteiger partial charge in [-0.2, -0.15) is 0 Å². The Labute approximate surface area is 172 Å². The number of nitrogens with zero attached hydrogens (tertiary/aromatic N) is 1. The van der Waals surface area contributed by atoms with E-state index in [1.165, 1.54) is 12.5 Å². The van der Waals surface area contributed by atoms with Gasteiger partial charge in [-0.1, -0.05) is 19.4 Å². The molecule has 1 saturated heterocycles. The van der Waals surface area contributed by atoms with Crippen molar-refractivity contribution in [3.05, 3.63) is 11.6 Å². The zero-order valence-corrected chi connectivity index (χ0v) is 17.7. The number of allylic oxidation sites excluding steroid dienone is 1. The highest BCUT2D eigenvalue weighted by Crippen LogP contribution is 2.68. The number of rotatable bonds is 1. The molecule has 6 heteroatoms. The molecule has 3 unspecified atom stereocenters. The highest BCUT2D eigenvalue weighted by atomic mass is 16.7. The van der Waals surface area contributed by atoms with Crippen molar-refractivity contribution in [3.63, 3.8) is 0 Å². The van der Waals surface area contributed by atoms with Crippen molar-refractivity contribution < 1.29 is 24.2 Å². The standard InChI is InChI=1S/C23H32NO5/c1-14(25)29-16-4-7-21(2)15(12-16)13-19(24-26)20-17(21)5-8-22(3)18(20)6-9-23(22)27-10-11-28-23/h13,16-18,20H,4-12H2,1-3H3/b24-19+/t16-,17?,18?,20?,21-,22-/m0/s1.